The van der Waals surface area contributed by atoms with Crippen molar-refractivity contribution in [3.63, 3.8) is 0 Å². The molecule has 148 valence electrons. The van der Waals surface area contributed by atoms with E-state index in [-0.39, 0.29) is 5.69 Å². The number of benzene rings is 1. The normalized spacial score (nSPS) is 10.8. The molecule has 1 aromatic heterocycles. The monoisotopic (exact) mass is 373 g/mol. The number of unbranched alkanes of at least 4 members (excludes halogenated alkanes) is 7. The largest absolute Gasteiger partial charge is 0.497 e. The van der Waals surface area contributed by atoms with Crippen molar-refractivity contribution < 1.29 is 14.7 Å². The van der Waals surface area contributed by atoms with Crippen LogP contribution in [0.4, 0.5) is 0 Å². The number of carbonyl (C=O) groups is 1. The van der Waals surface area contributed by atoms with E-state index in [1.807, 2.05) is 28.9 Å². The summed E-state index contributed by atoms with van der Waals surface area (Å²) in [5.74, 6) is 0.181. The average Bonchev–Trinajstić information content (AvgIpc) is 3.13. The molecule has 0 fully saturated rings. The van der Waals surface area contributed by atoms with Gasteiger partial charge in [0.25, 0.3) is 5.91 Å². The third-order valence-electron chi connectivity index (χ3n) is 4.72. The standard InChI is InChI=1S/C21H31N3O3/c1-3-4-5-6-7-8-9-10-15-24-20(16-19(22-24)21(25)23-26)17-11-13-18(27-2)14-12-17/h11-14,16,26H,3-10,15H2,1-2H3,(H,23,25). The molecular weight excluding hydrogens is 342 g/mol. The highest BCUT2D eigenvalue weighted by Gasteiger charge is 2.15. The van der Waals surface area contributed by atoms with Gasteiger partial charge in [0.1, 0.15) is 5.75 Å². The number of aromatic nitrogens is 2. The lowest BCUT2D eigenvalue weighted by molar-refractivity contribution is 0.0699. The van der Waals surface area contributed by atoms with E-state index in [0.29, 0.717) is 0 Å². The van der Waals surface area contributed by atoms with E-state index in [1.54, 1.807) is 18.7 Å². The van der Waals surface area contributed by atoms with Gasteiger partial charge >= 0.3 is 0 Å². The number of hydroxylamine groups is 1. The van der Waals surface area contributed by atoms with Crippen LogP contribution in [0, 0.1) is 0 Å². The molecule has 0 radical (unpaired) electrons. The fraction of sp³-hybridized carbons (Fsp3) is 0.524. The zero-order valence-electron chi connectivity index (χ0n) is 16.4. The Morgan fingerprint density at radius 2 is 1.70 bits per heavy atom. The number of hydrogen-bond donors (Lipinski definition) is 2. The summed E-state index contributed by atoms with van der Waals surface area (Å²) in [4.78, 5) is 11.8. The first kappa shape index (κ1) is 21.0. The lowest BCUT2D eigenvalue weighted by atomic mass is 10.1. The minimum absolute atomic E-state index is 0.211. The van der Waals surface area contributed by atoms with Gasteiger partial charge in [-0.25, -0.2) is 5.48 Å². The number of amides is 1. The second-order valence-electron chi connectivity index (χ2n) is 6.78. The summed E-state index contributed by atoms with van der Waals surface area (Å²) in [6, 6.07) is 9.36. The minimum atomic E-state index is -0.598. The van der Waals surface area contributed by atoms with Crippen LogP contribution in [0.5, 0.6) is 5.75 Å². The molecule has 27 heavy (non-hydrogen) atoms. The van der Waals surface area contributed by atoms with Crippen LogP contribution < -0.4 is 10.2 Å². The van der Waals surface area contributed by atoms with Gasteiger partial charge in [-0.15, -0.1) is 0 Å². The molecule has 2 rings (SSSR count). The van der Waals surface area contributed by atoms with Crippen LogP contribution in [0.3, 0.4) is 0 Å². The molecule has 0 saturated carbocycles. The maximum absolute atomic E-state index is 11.8. The number of rotatable bonds is 12. The number of hydrogen-bond acceptors (Lipinski definition) is 4. The first-order chi connectivity index (χ1) is 13.2. The number of nitrogens with one attached hydrogen (secondary N) is 1. The van der Waals surface area contributed by atoms with E-state index >= 15 is 0 Å². The van der Waals surface area contributed by atoms with Crippen LogP contribution in [-0.4, -0.2) is 28.0 Å². The summed E-state index contributed by atoms with van der Waals surface area (Å²) in [5.41, 5.74) is 3.69. The molecule has 0 saturated heterocycles. The van der Waals surface area contributed by atoms with E-state index in [0.717, 1.165) is 36.4 Å². The molecule has 0 spiro atoms. The first-order valence-electron chi connectivity index (χ1n) is 9.86. The van der Waals surface area contributed by atoms with Crippen molar-refractivity contribution in [2.45, 2.75) is 64.8 Å². The molecule has 2 N–H and O–H groups in total. The topological polar surface area (TPSA) is 76.4 Å². The Bertz CT molecular complexity index is 695. The molecule has 6 heteroatoms. The van der Waals surface area contributed by atoms with Gasteiger partial charge in [0.05, 0.1) is 12.8 Å². The summed E-state index contributed by atoms with van der Waals surface area (Å²) >= 11 is 0. The Hall–Kier alpha value is -2.34. The second kappa shape index (κ2) is 11.4. The number of nitrogens with zero attached hydrogens (tertiary/aromatic N) is 2. The second-order valence-corrected chi connectivity index (χ2v) is 6.78. The molecular formula is C21H31N3O3. The van der Waals surface area contributed by atoms with Crippen LogP contribution in [0.1, 0.15) is 68.8 Å². The molecule has 1 aromatic carbocycles. The van der Waals surface area contributed by atoms with Crippen LogP contribution in [0.25, 0.3) is 11.3 Å². The van der Waals surface area contributed by atoms with E-state index in [4.69, 9.17) is 9.94 Å². The lowest BCUT2D eigenvalue weighted by Crippen LogP contribution is -2.19. The van der Waals surface area contributed by atoms with Crippen LogP contribution >= 0.6 is 0 Å². The van der Waals surface area contributed by atoms with E-state index < -0.39 is 5.91 Å². The van der Waals surface area contributed by atoms with Crippen LogP contribution in [0.15, 0.2) is 30.3 Å². The summed E-state index contributed by atoms with van der Waals surface area (Å²) in [7, 11) is 1.63. The Labute approximate surface area is 161 Å². The van der Waals surface area contributed by atoms with Crippen molar-refractivity contribution in [1.82, 2.24) is 15.3 Å². The summed E-state index contributed by atoms with van der Waals surface area (Å²) in [5, 5.41) is 13.3. The van der Waals surface area contributed by atoms with Crippen LogP contribution in [-0.2, 0) is 6.54 Å². The maximum Gasteiger partial charge on any atom is 0.295 e. The average molecular weight is 373 g/mol. The molecule has 0 aliphatic heterocycles. The van der Waals surface area contributed by atoms with E-state index in [9.17, 15) is 4.79 Å². The Morgan fingerprint density at radius 3 is 2.30 bits per heavy atom. The predicted molar refractivity (Wildman–Crippen MR) is 106 cm³/mol. The third kappa shape index (κ3) is 6.40. The highest BCUT2D eigenvalue weighted by atomic mass is 16.5. The fourth-order valence-corrected chi connectivity index (χ4v) is 3.15. The van der Waals surface area contributed by atoms with E-state index in [2.05, 4.69) is 12.0 Å². The van der Waals surface area contributed by atoms with Gasteiger partial charge in [-0.3, -0.25) is 14.7 Å². The van der Waals surface area contributed by atoms with Gasteiger partial charge in [0, 0.05) is 12.1 Å². The molecule has 2 aromatic rings. The zero-order valence-corrected chi connectivity index (χ0v) is 16.4. The minimum Gasteiger partial charge on any atom is -0.497 e. The fourth-order valence-electron chi connectivity index (χ4n) is 3.15. The number of methoxy groups -OCH3 is 1. The number of aryl methyl sites for hydroxylation is 1. The quantitative estimate of drug-likeness (QED) is 0.318. The molecule has 6 nitrogen and oxygen atoms in total. The number of carbonyl (C=O) groups excluding carboxylic acids is 1. The van der Waals surface area contributed by atoms with E-state index in [1.165, 1.54) is 38.5 Å². The van der Waals surface area contributed by atoms with Crippen molar-refractivity contribution >= 4 is 5.91 Å². The van der Waals surface area contributed by atoms with Gasteiger partial charge in [-0.1, -0.05) is 51.9 Å². The summed E-state index contributed by atoms with van der Waals surface area (Å²) in [6.07, 6.45) is 9.92. The Morgan fingerprint density at radius 1 is 1.07 bits per heavy atom. The van der Waals surface area contributed by atoms with Gasteiger partial charge in [-0.2, -0.15) is 5.10 Å². The highest BCUT2D eigenvalue weighted by Crippen LogP contribution is 2.24. The van der Waals surface area contributed by atoms with Gasteiger partial charge < -0.3 is 4.74 Å². The summed E-state index contributed by atoms with van der Waals surface area (Å²) in [6.45, 7) is 2.98. The van der Waals surface area contributed by atoms with Gasteiger partial charge in [0.2, 0.25) is 0 Å². The highest BCUT2D eigenvalue weighted by molar-refractivity contribution is 5.92. The zero-order chi connectivity index (χ0) is 19.5. The van der Waals surface area contributed by atoms with Crippen molar-refractivity contribution in [1.29, 1.82) is 0 Å². The van der Waals surface area contributed by atoms with Crippen molar-refractivity contribution in [2.24, 2.45) is 0 Å². The smallest absolute Gasteiger partial charge is 0.295 e. The van der Waals surface area contributed by atoms with Crippen molar-refractivity contribution in [3.05, 3.63) is 36.0 Å². The molecule has 0 aliphatic rings. The molecule has 0 atom stereocenters. The maximum atomic E-state index is 11.8. The molecule has 1 amide bonds. The lowest BCUT2D eigenvalue weighted by Gasteiger charge is -2.08. The predicted octanol–water partition coefficient (Wildman–Crippen LogP) is 4.82. The van der Waals surface area contributed by atoms with Crippen molar-refractivity contribution in [2.75, 3.05) is 7.11 Å². The molecule has 0 aliphatic carbocycles. The molecule has 0 bridgehead atoms. The Kier molecular flexibility index (Phi) is 8.84. The van der Waals surface area contributed by atoms with Gasteiger partial charge in [0.15, 0.2) is 5.69 Å². The van der Waals surface area contributed by atoms with Crippen LogP contribution in [0.2, 0.25) is 0 Å². The molecule has 0 unspecified atom stereocenters. The number of ether oxygens (including phenoxy) is 1. The van der Waals surface area contributed by atoms with Crippen molar-refractivity contribution in [3.8, 4) is 17.0 Å². The molecule has 1 heterocycles. The Balaban J connectivity index is 1.98. The van der Waals surface area contributed by atoms with Gasteiger partial charge in [-0.05, 0) is 36.8 Å². The SMILES string of the molecule is CCCCCCCCCCn1nc(C(=O)NO)cc1-c1ccc(OC)cc1. The summed E-state index contributed by atoms with van der Waals surface area (Å²) < 4.78 is 7.05. The first-order valence-corrected chi connectivity index (χ1v) is 9.86. The third-order valence-corrected chi connectivity index (χ3v) is 4.72.